The van der Waals surface area contributed by atoms with Crippen molar-refractivity contribution < 1.29 is 0 Å². The summed E-state index contributed by atoms with van der Waals surface area (Å²) >= 11 is 0. The van der Waals surface area contributed by atoms with Crippen molar-refractivity contribution in [3.8, 4) is 0 Å². The van der Waals surface area contributed by atoms with Gasteiger partial charge in [0.15, 0.2) is 0 Å². The van der Waals surface area contributed by atoms with Crippen LogP contribution in [0.3, 0.4) is 0 Å². The van der Waals surface area contributed by atoms with E-state index in [1.165, 1.54) is 16.5 Å². The zero-order valence-corrected chi connectivity index (χ0v) is 10.3. The summed E-state index contributed by atoms with van der Waals surface area (Å²) in [5.74, 6) is 0.626. The molecule has 0 aliphatic carbocycles. The van der Waals surface area contributed by atoms with Crippen molar-refractivity contribution in [3.05, 3.63) is 35.5 Å². The number of pyridine rings is 1. The molecule has 2 aromatic rings. The van der Waals surface area contributed by atoms with Gasteiger partial charge in [-0.25, -0.2) is 4.98 Å². The van der Waals surface area contributed by atoms with E-state index >= 15 is 0 Å². The van der Waals surface area contributed by atoms with Crippen LogP contribution in [0.1, 0.15) is 31.9 Å². The molecule has 0 spiro atoms. The molecule has 0 amide bonds. The van der Waals surface area contributed by atoms with Crippen molar-refractivity contribution in [2.75, 3.05) is 5.73 Å². The summed E-state index contributed by atoms with van der Waals surface area (Å²) in [6.07, 6.45) is 1.90. The van der Waals surface area contributed by atoms with E-state index in [1.807, 2.05) is 6.20 Å². The highest BCUT2D eigenvalue weighted by molar-refractivity contribution is 5.96. The molecule has 0 fully saturated rings. The van der Waals surface area contributed by atoms with Crippen molar-refractivity contribution in [1.29, 1.82) is 0 Å². The number of anilines is 1. The molecule has 1 aromatic carbocycles. The van der Waals surface area contributed by atoms with Crippen LogP contribution in [0.5, 0.6) is 0 Å². The highest BCUT2D eigenvalue weighted by atomic mass is 14.8. The van der Waals surface area contributed by atoms with Gasteiger partial charge >= 0.3 is 0 Å². The van der Waals surface area contributed by atoms with Gasteiger partial charge in [0.2, 0.25) is 0 Å². The largest absolute Gasteiger partial charge is 0.383 e. The van der Waals surface area contributed by atoms with Gasteiger partial charge in [0.1, 0.15) is 5.82 Å². The molecule has 0 unspecified atom stereocenters. The minimum absolute atomic E-state index is 0.0900. The number of nitrogens with zero attached hydrogens (tertiary/aromatic N) is 1. The second-order valence-corrected chi connectivity index (χ2v) is 5.30. The second kappa shape index (κ2) is 3.48. The molecule has 84 valence electrons. The Hall–Kier alpha value is -1.57. The number of hydrogen-bond donors (Lipinski definition) is 1. The standard InChI is InChI=1S/C14H18N2/c1-9-6-5-7-10-11(14(2,3)4)8-16-13(15)12(9)10/h5-8H,1-4H3,(H2,15,16). The maximum atomic E-state index is 5.96. The van der Waals surface area contributed by atoms with Gasteiger partial charge in [0, 0.05) is 11.6 Å². The predicted molar refractivity (Wildman–Crippen MR) is 69.6 cm³/mol. The van der Waals surface area contributed by atoms with E-state index in [-0.39, 0.29) is 5.41 Å². The fraction of sp³-hybridized carbons (Fsp3) is 0.357. The molecule has 0 bridgehead atoms. The molecular formula is C14H18N2. The number of hydrogen-bond acceptors (Lipinski definition) is 2. The monoisotopic (exact) mass is 214 g/mol. The summed E-state index contributed by atoms with van der Waals surface area (Å²) in [5.41, 5.74) is 8.49. The molecule has 2 nitrogen and oxygen atoms in total. The maximum absolute atomic E-state index is 5.96. The Bertz CT molecular complexity index is 528. The molecule has 1 heterocycles. The fourth-order valence-electron chi connectivity index (χ4n) is 2.10. The van der Waals surface area contributed by atoms with Crippen molar-refractivity contribution in [1.82, 2.24) is 4.98 Å². The Morgan fingerprint density at radius 2 is 1.88 bits per heavy atom. The first-order chi connectivity index (χ1) is 7.41. The maximum Gasteiger partial charge on any atom is 0.131 e. The number of nitrogens with two attached hydrogens (primary N) is 1. The lowest BCUT2D eigenvalue weighted by atomic mass is 9.84. The van der Waals surface area contributed by atoms with Crippen LogP contribution in [0.2, 0.25) is 0 Å². The van der Waals surface area contributed by atoms with Crippen LogP contribution >= 0.6 is 0 Å². The van der Waals surface area contributed by atoms with Crippen LogP contribution in [0.15, 0.2) is 24.4 Å². The fourth-order valence-corrected chi connectivity index (χ4v) is 2.10. The van der Waals surface area contributed by atoms with Gasteiger partial charge in [0.05, 0.1) is 0 Å². The topological polar surface area (TPSA) is 38.9 Å². The van der Waals surface area contributed by atoms with Gasteiger partial charge < -0.3 is 5.73 Å². The van der Waals surface area contributed by atoms with E-state index in [1.54, 1.807) is 0 Å². The first kappa shape index (κ1) is 10.9. The number of aromatic nitrogens is 1. The highest BCUT2D eigenvalue weighted by Crippen LogP contribution is 2.32. The number of aryl methyl sites for hydroxylation is 1. The summed E-state index contributed by atoms with van der Waals surface area (Å²) in [5, 5.41) is 2.31. The number of rotatable bonds is 0. The van der Waals surface area contributed by atoms with Crippen LogP contribution in [-0.4, -0.2) is 4.98 Å². The van der Waals surface area contributed by atoms with Gasteiger partial charge in [-0.15, -0.1) is 0 Å². The molecule has 2 N–H and O–H groups in total. The van der Waals surface area contributed by atoms with Crippen molar-refractivity contribution in [2.45, 2.75) is 33.1 Å². The number of nitrogen functional groups attached to an aromatic ring is 1. The Morgan fingerprint density at radius 1 is 1.19 bits per heavy atom. The molecule has 0 radical (unpaired) electrons. The van der Waals surface area contributed by atoms with Gasteiger partial charge in [-0.1, -0.05) is 39.0 Å². The van der Waals surface area contributed by atoms with Crippen molar-refractivity contribution in [2.24, 2.45) is 0 Å². The Labute approximate surface area is 96.5 Å². The molecule has 0 aliphatic rings. The van der Waals surface area contributed by atoms with Gasteiger partial charge in [-0.3, -0.25) is 0 Å². The normalized spacial score (nSPS) is 12.0. The van der Waals surface area contributed by atoms with Crippen LogP contribution in [0.4, 0.5) is 5.82 Å². The first-order valence-electron chi connectivity index (χ1n) is 5.55. The van der Waals surface area contributed by atoms with E-state index in [9.17, 15) is 0 Å². The smallest absolute Gasteiger partial charge is 0.131 e. The molecule has 0 aliphatic heterocycles. The van der Waals surface area contributed by atoms with E-state index in [0.29, 0.717) is 5.82 Å². The molecule has 2 heteroatoms. The summed E-state index contributed by atoms with van der Waals surface area (Å²) in [7, 11) is 0. The molecule has 0 saturated carbocycles. The lowest BCUT2D eigenvalue weighted by Gasteiger charge is -2.21. The molecule has 1 aromatic heterocycles. The quantitative estimate of drug-likeness (QED) is 0.729. The molecular weight excluding hydrogens is 196 g/mol. The summed E-state index contributed by atoms with van der Waals surface area (Å²) in [6.45, 7) is 8.67. The Balaban J connectivity index is 2.90. The minimum Gasteiger partial charge on any atom is -0.383 e. The van der Waals surface area contributed by atoms with Gasteiger partial charge in [-0.05, 0) is 28.9 Å². The Kier molecular flexibility index (Phi) is 2.38. The molecule has 2 rings (SSSR count). The van der Waals surface area contributed by atoms with Crippen LogP contribution in [0, 0.1) is 6.92 Å². The van der Waals surface area contributed by atoms with Crippen molar-refractivity contribution in [3.63, 3.8) is 0 Å². The average molecular weight is 214 g/mol. The van der Waals surface area contributed by atoms with Gasteiger partial charge in [-0.2, -0.15) is 0 Å². The average Bonchev–Trinajstić information content (AvgIpc) is 2.16. The van der Waals surface area contributed by atoms with Gasteiger partial charge in [0.25, 0.3) is 0 Å². The van der Waals surface area contributed by atoms with Crippen LogP contribution in [-0.2, 0) is 5.41 Å². The number of fused-ring (bicyclic) bond motifs is 1. The molecule has 0 saturated heterocycles. The Morgan fingerprint density at radius 3 is 2.50 bits per heavy atom. The summed E-state index contributed by atoms with van der Waals surface area (Å²) < 4.78 is 0. The summed E-state index contributed by atoms with van der Waals surface area (Å²) in [6, 6.07) is 6.28. The zero-order valence-electron chi connectivity index (χ0n) is 10.3. The second-order valence-electron chi connectivity index (χ2n) is 5.30. The third kappa shape index (κ3) is 1.64. The third-order valence-corrected chi connectivity index (χ3v) is 2.96. The van der Waals surface area contributed by atoms with Crippen molar-refractivity contribution >= 4 is 16.6 Å². The SMILES string of the molecule is Cc1cccc2c(C(C)(C)C)cnc(N)c12. The summed E-state index contributed by atoms with van der Waals surface area (Å²) in [4.78, 5) is 4.31. The first-order valence-corrected chi connectivity index (χ1v) is 5.55. The van der Waals surface area contributed by atoms with E-state index in [0.717, 1.165) is 5.39 Å². The van der Waals surface area contributed by atoms with E-state index < -0.39 is 0 Å². The highest BCUT2D eigenvalue weighted by Gasteiger charge is 2.18. The van der Waals surface area contributed by atoms with Crippen LogP contribution < -0.4 is 5.73 Å². The number of benzene rings is 1. The zero-order chi connectivity index (χ0) is 11.9. The van der Waals surface area contributed by atoms with E-state index in [4.69, 9.17) is 5.73 Å². The van der Waals surface area contributed by atoms with E-state index in [2.05, 4.69) is 50.9 Å². The lowest BCUT2D eigenvalue weighted by molar-refractivity contribution is 0.593. The van der Waals surface area contributed by atoms with Crippen LogP contribution in [0.25, 0.3) is 10.8 Å². The minimum atomic E-state index is 0.0900. The lowest BCUT2D eigenvalue weighted by Crippen LogP contribution is -2.13. The third-order valence-electron chi connectivity index (χ3n) is 2.96. The molecule has 16 heavy (non-hydrogen) atoms. The molecule has 0 atom stereocenters. The predicted octanol–water partition coefficient (Wildman–Crippen LogP) is 3.42.